The van der Waals surface area contributed by atoms with Gasteiger partial charge in [0, 0.05) is 24.5 Å². The number of hydrogen-bond acceptors (Lipinski definition) is 6. The summed E-state index contributed by atoms with van der Waals surface area (Å²) < 4.78 is 0. The zero-order valence-corrected chi connectivity index (χ0v) is 21.2. The molecule has 10 nitrogen and oxygen atoms in total. The van der Waals surface area contributed by atoms with Crippen LogP contribution in [0.4, 0.5) is 0 Å². The summed E-state index contributed by atoms with van der Waals surface area (Å²) in [6.07, 6.45) is 1.52. The molecule has 3 aromatic rings. The predicted octanol–water partition coefficient (Wildman–Crippen LogP) is 2.18. The van der Waals surface area contributed by atoms with Gasteiger partial charge in [-0.15, -0.1) is 0 Å². The number of fused-ring (bicyclic) bond motifs is 1. The van der Waals surface area contributed by atoms with E-state index < -0.39 is 48.7 Å². The molecule has 1 heterocycles. The van der Waals surface area contributed by atoms with Gasteiger partial charge in [-0.2, -0.15) is 0 Å². The van der Waals surface area contributed by atoms with E-state index in [1.54, 1.807) is 56.3 Å². The van der Waals surface area contributed by atoms with E-state index >= 15 is 0 Å². The number of aromatic nitrogens is 1. The molecule has 2 aromatic carbocycles. The molecule has 0 bridgehead atoms. The first-order valence-corrected chi connectivity index (χ1v) is 12.1. The molecule has 0 aliphatic heterocycles. The number of pyridine rings is 1. The summed E-state index contributed by atoms with van der Waals surface area (Å²) in [4.78, 5) is 67.4. The van der Waals surface area contributed by atoms with E-state index in [1.807, 2.05) is 18.2 Å². The van der Waals surface area contributed by atoms with Gasteiger partial charge in [-0.3, -0.25) is 19.4 Å². The molecule has 0 saturated heterocycles. The maximum Gasteiger partial charge on any atom is 0.326 e. The molecule has 198 valence electrons. The Labute approximate surface area is 220 Å². The normalized spacial score (nSPS) is 12.4. The summed E-state index contributed by atoms with van der Waals surface area (Å²) in [6, 6.07) is 15.6. The number of carboxylic acid groups (broad SMARTS) is 1. The van der Waals surface area contributed by atoms with Crippen LogP contribution in [0, 0.1) is 5.92 Å². The Bertz CT molecular complexity index is 1310. The smallest absolute Gasteiger partial charge is 0.326 e. The summed E-state index contributed by atoms with van der Waals surface area (Å²) >= 11 is 0. The van der Waals surface area contributed by atoms with Crippen LogP contribution < -0.4 is 10.6 Å². The molecule has 3 N–H and O–H groups in total. The fourth-order valence-electron chi connectivity index (χ4n) is 3.97. The lowest BCUT2D eigenvalue weighted by molar-refractivity contribution is -0.144. The van der Waals surface area contributed by atoms with E-state index in [4.69, 9.17) is 0 Å². The lowest BCUT2D eigenvalue weighted by Crippen LogP contribution is -2.54. The number of carbonyl (C=O) groups excluding carboxylic acids is 4. The Morgan fingerprint density at radius 2 is 1.66 bits per heavy atom. The van der Waals surface area contributed by atoms with Crippen LogP contribution in [0.5, 0.6) is 0 Å². The minimum atomic E-state index is -1.41. The number of hydrogen-bond donors (Lipinski definition) is 3. The summed E-state index contributed by atoms with van der Waals surface area (Å²) in [5, 5.41) is 15.8. The summed E-state index contributed by atoms with van der Waals surface area (Å²) in [5.41, 5.74) is 0.910. The summed E-state index contributed by atoms with van der Waals surface area (Å²) in [6.45, 7) is 3.11. The number of nitrogens with zero attached hydrogens (tertiary/aromatic N) is 2. The lowest BCUT2D eigenvalue weighted by atomic mass is 10.0. The summed E-state index contributed by atoms with van der Waals surface area (Å²) in [7, 11) is 0. The molecule has 0 spiro atoms. The van der Waals surface area contributed by atoms with Gasteiger partial charge in [-0.1, -0.05) is 68.4 Å². The Morgan fingerprint density at radius 1 is 0.974 bits per heavy atom. The number of carboxylic acids is 1. The average molecular weight is 519 g/mol. The first kappa shape index (κ1) is 28.0. The molecule has 3 rings (SSSR count). The second-order valence-electron chi connectivity index (χ2n) is 9.12. The molecule has 0 aliphatic carbocycles. The van der Waals surface area contributed by atoms with Crippen molar-refractivity contribution in [3.8, 4) is 0 Å². The number of amides is 3. The topological polar surface area (TPSA) is 146 Å². The zero-order chi connectivity index (χ0) is 27.7. The molecule has 0 saturated carbocycles. The van der Waals surface area contributed by atoms with Crippen LogP contribution in [-0.4, -0.2) is 63.6 Å². The zero-order valence-electron chi connectivity index (χ0n) is 21.2. The van der Waals surface area contributed by atoms with Gasteiger partial charge in [0.15, 0.2) is 0 Å². The van der Waals surface area contributed by atoms with E-state index in [0.717, 1.165) is 10.9 Å². The number of nitrogens with one attached hydrogen (secondary N) is 2. The van der Waals surface area contributed by atoms with Crippen LogP contribution in [0.15, 0.2) is 66.9 Å². The standard InChI is InChI=1S/C28H30N4O6/c1-18(2)24(31-26(35)25-21-11-7-6-10-20(21)12-14-29-25)27(36)32(16-19-8-4-3-5-9-19)17-23(34)30-22(13-15-33)28(37)38/h3-12,14-15,18,22,24H,13,16-17H2,1-2H3,(H,30,34)(H,31,35)(H,37,38)/t22-,24-/m0/s1. The van der Waals surface area contributed by atoms with Crippen LogP contribution in [0.3, 0.4) is 0 Å². The fraction of sp³-hybridized carbons (Fsp3) is 0.286. The third kappa shape index (κ3) is 7.22. The van der Waals surface area contributed by atoms with Gasteiger partial charge in [-0.25, -0.2) is 4.79 Å². The first-order chi connectivity index (χ1) is 18.2. The third-order valence-electron chi connectivity index (χ3n) is 5.94. The molecular formula is C28H30N4O6. The highest BCUT2D eigenvalue weighted by Crippen LogP contribution is 2.18. The van der Waals surface area contributed by atoms with Gasteiger partial charge in [0.2, 0.25) is 11.8 Å². The molecule has 1 aromatic heterocycles. The van der Waals surface area contributed by atoms with E-state index in [2.05, 4.69) is 15.6 Å². The molecular weight excluding hydrogens is 488 g/mol. The average Bonchev–Trinajstić information content (AvgIpc) is 2.90. The largest absolute Gasteiger partial charge is 0.480 e. The highest BCUT2D eigenvalue weighted by atomic mass is 16.4. The monoisotopic (exact) mass is 518 g/mol. The third-order valence-corrected chi connectivity index (χ3v) is 5.94. The van der Waals surface area contributed by atoms with E-state index in [9.17, 15) is 29.1 Å². The fourth-order valence-corrected chi connectivity index (χ4v) is 3.97. The first-order valence-electron chi connectivity index (χ1n) is 12.1. The van der Waals surface area contributed by atoms with Crippen molar-refractivity contribution in [3.63, 3.8) is 0 Å². The predicted molar refractivity (Wildman–Crippen MR) is 140 cm³/mol. The quantitative estimate of drug-likeness (QED) is 0.312. The number of aliphatic carboxylic acids is 1. The minimum Gasteiger partial charge on any atom is -0.480 e. The van der Waals surface area contributed by atoms with Crippen LogP contribution in [0.25, 0.3) is 10.8 Å². The van der Waals surface area contributed by atoms with Crippen molar-refractivity contribution in [2.75, 3.05) is 6.54 Å². The molecule has 38 heavy (non-hydrogen) atoms. The van der Waals surface area contributed by atoms with Crippen LogP contribution in [-0.2, 0) is 25.7 Å². The number of carbonyl (C=O) groups is 5. The van der Waals surface area contributed by atoms with Crippen molar-refractivity contribution in [2.24, 2.45) is 5.92 Å². The molecule has 0 unspecified atom stereocenters. The second kappa shape index (κ2) is 13.1. The highest BCUT2D eigenvalue weighted by Gasteiger charge is 2.31. The van der Waals surface area contributed by atoms with Crippen molar-refractivity contribution >= 4 is 40.7 Å². The van der Waals surface area contributed by atoms with Crippen molar-refractivity contribution in [1.82, 2.24) is 20.5 Å². The van der Waals surface area contributed by atoms with Crippen LogP contribution >= 0.6 is 0 Å². The van der Waals surface area contributed by atoms with Gasteiger partial charge in [-0.05, 0) is 22.9 Å². The number of aldehydes is 1. The van der Waals surface area contributed by atoms with E-state index in [0.29, 0.717) is 11.7 Å². The summed E-state index contributed by atoms with van der Waals surface area (Å²) in [5.74, 6) is -3.50. The Balaban J connectivity index is 1.86. The van der Waals surface area contributed by atoms with Crippen molar-refractivity contribution in [2.45, 2.75) is 38.9 Å². The van der Waals surface area contributed by atoms with E-state index in [1.165, 1.54) is 11.1 Å². The van der Waals surface area contributed by atoms with Crippen molar-refractivity contribution in [1.29, 1.82) is 0 Å². The second-order valence-corrected chi connectivity index (χ2v) is 9.12. The highest BCUT2D eigenvalue weighted by molar-refractivity contribution is 6.06. The molecule has 0 radical (unpaired) electrons. The maximum atomic E-state index is 13.7. The van der Waals surface area contributed by atoms with Crippen LogP contribution in [0.1, 0.15) is 36.3 Å². The maximum absolute atomic E-state index is 13.7. The van der Waals surface area contributed by atoms with Gasteiger partial charge in [0.05, 0.1) is 6.54 Å². The minimum absolute atomic E-state index is 0.0458. The van der Waals surface area contributed by atoms with Gasteiger partial charge in [0.1, 0.15) is 24.1 Å². The Hall–Kier alpha value is -4.60. The molecule has 2 atom stereocenters. The lowest BCUT2D eigenvalue weighted by Gasteiger charge is -2.30. The number of rotatable bonds is 12. The Kier molecular flexibility index (Phi) is 9.64. The SMILES string of the molecule is CC(C)[C@H](NC(=O)c1nccc2ccccc12)C(=O)N(CC(=O)N[C@@H](CC=O)C(=O)O)Cc1ccccc1. The molecule has 10 heteroatoms. The Morgan fingerprint density at radius 3 is 2.32 bits per heavy atom. The van der Waals surface area contributed by atoms with Gasteiger partial charge in [0.25, 0.3) is 5.91 Å². The van der Waals surface area contributed by atoms with Crippen LogP contribution in [0.2, 0.25) is 0 Å². The van der Waals surface area contributed by atoms with Crippen molar-refractivity contribution in [3.05, 3.63) is 78.1 Å². The number of benzene rings is 2. The van der Waals surface area contributed by atoms with Gasteiger partial charge >= 0.3 is 5.97 Å². The van der Waals surface area contributed by atoms with Gasteiger partial charge < -0.3 is 25.4 Å². The molecule has 0 aliphatic rings. The molecule has 0 fully saturated rings. The van der Waals surface area contributed by atoms with E-state index in [-0.39, 0.29) is 18.2 Å². The van der Waals surface area contributed by atoms with Crippen molar-refractivity contribution < 1.29 is 29.1 Å². The molecule has 3 amide bonds.